The monoisotopic (exact) mass is 401 g/mol. The van der Waals surface area contributed by atoms with Gasteiger partial charge in [-0.3, -0.25) is 14.2 Å². The number of rotatable bonds is 3. The molecule has 8 heteroatoms. The molecule has 1 aromatic carbocycles. The third-order valence-electron chi connectivity index (χ3n) is 4.71. The van der Waals surface area contributed by atoms with Gasteiger partial charge in [0.1, 0.15) is 13.2 Å². The van der Waals surface area contributed by atoms with Gasteiger partial charge in [-0.2, -0.15) is 0 Å². The first-order valence-corrected chi connectivity index (χ1v) is 10.3. The van der Waals surface area contributed by atoms with Crippen molar-refractivity contribution in [1.29, 1.82) is 0 Å². The summed E-state index contributed by atoms with van der Waals surface area (Å²) in [5.74, 6) is 1.81. The molecule has 2 aliphatic heterocycles. The lowest BCUT2D eigenvalue weighted by Gasteiger charge is -2.20. The van der Waals surface area contributed by atoms with Crippen molar-refractivity contribution in [2.75, 3.05) is 24.3 Å². The number of amides is 1. The van der Waals surface area contributed by atoms with Gasteiger partial charge in [0.2, 0.25) is 5.91 Å². The Morgan fingerprint density at radius 3 is 2.75 bits per heavy atom. The number of aromatic nitrogens is 2. The quantitative estimate of drug-likeness (QED) is 0.797. The van der Waals surface area contributed by atoms with Crippen molar-refractivity contribution in [3.05, 3.63) is 40.3 Å². The molecule has 0 fully saturated rings. The summed E-state index contributed by atoms with van der Waals surface area (Å²) in [7, 11) is 0. The summed E-state index contributed by atoms with van der Waals surface area (Å²) < 4.78 is 12.7. The largest absolute Gasteiger partial charge is 0.486 e. The van der Waals surface area contributed by atoms with Crippen molar-refractivity contribution >= 4 is 23.4 Å². The highest BCUT2D eigenvalue weighted by Gasteiger charge is 2.29. The fourth-order valence-corrected chi connectivity index (χ4v) is 4.38. The maximum absolute atomic E-state index is 12.6. The van der Waals surface area contributed by atoms with Crippen LogP contribution in [0, 0.1) is 0 Å². The molecule has 0 radical (unpaired) electrons. The van der Waals surface area contributed by atoms with Crippen LogP contribution in [0.5, 0.6) is 11.5 Å². The molecule has 7 nitrogen and oxygen atoms in total. The predicted molar refractivity (Wildman–Crippen MR) is 108 cm³/mol. The highest BCUT2D eigenvalue weighted by atomic mass is 32.2. The van der Waals surface area contributed by atoms with Gasteiger partial charge in [-0.25, -0.2) is 4.98 Å². The van der Waals surface area contributed by atoms with E-state index in [0.29, 0.717) is 41.3 Å². The molecule has 1 atom stereocenters. The summed E-state index contributed by atoms with van der Waals surface area (Å²) >= 11 is 1.52. The average Bonchev–Trinajstić information content (AvgIpc) is 3.04. The van der Waals surface area contributed by atoms with Crippen molar-refractivity contribution in [2.24, 2.45) is 0 Å². The molecule has 0 saturated carbocycles. The average molecular weight is 401 g/mol. The number of carbonyl (C=O) groups excluding carboxylic acids is 1. The molecule has 1 N–H and O–H groups in total. The number of nitrogens with zero attached hydrogens (tertiary/aromatic N) is 2. The summed E-state index contributed by atoms with van der Waals surface area (Å²) in [6.45, 7) is 7.11. The van der Waals surface area contributed by atoms with E-state index in [4.69, 9.17) is 9.47 Å². The van der Waals surface area contributed by atoms with Gasteiger partial charge in [-0.15, -0.1) is 0 Å². The molecule has 1 amide bonds. The normalized spacial score (nSPS) is 17.9. The molecular formula is C20H23N3O4S. The van der Waals surface area contributed by atoms with Crippen LogP contribution >= 0.6 is 11.8 Å². The SMILES string of the molecule is CC(C)(C)c1cc(=O)n2c(n1)SCC2CC(=O)Nc1ccc2c(c1)OCCO2. The second-order valence-corrected chi connectivity index (χ2v) is 8.94. The Hall–Kier alpha value is -2.48. The summed E-state index contributed by atoms with van der Waals surface area (Å²) in [4.78, 5) is 29.8. The minimum atomic E-state index is -0.203. The van der Waals surface area contributed by atoms with E-state index < -0.39 is 0 Å². The lowest BCUT2D eigenvalue weighted by molar-refractivity contribution is -0.116. The van der Waals surface area contributed by atoms with E-state index in [9.17, 15) is 9.59 Å². The van der Waals surface area contributed by atoms with Crippen LogP contribution in [0.3, 0.4) is 0 Å². The van der Waals surface area contributed by atoms with Crippen LogP contribution in [0.25, 0.3) is 0 Å². The maximum Gasteiger partial charge on any atom is 0.254 e. The van der Waals surface area contributed by atoms with E-state index in [2.05, 4.69) is 10.3 Å². The van der Waals surface area contributed by atoms with Crippen LogP contribution in [0.1, 0.15) is 38.9 Å². The van der Waals surface area contributed by atoms with Crippen molar-refractivity contribution < 1.29 is 14.3 Å². The van der Waals surface area contributed by atoms with Gasteiger partial charge in [0, 0.05) is 35.4 Å². The highest BCUT2D eigenvalue weighted by Crippen LogP contribution is 2.35. The minimum absolute atomic E-state index is 0.0999. The number of hydrogen-bond donors (Lipinski definition) is 1. The van der Waals surface area contributed by atoms with E-state index in [-0.39, 0.29) is 29.3 Å². The van der Waals surface area contributed by atoms with Gasteiger partial charge < -0.3 is 14.8 Å². The molecule has 3 heterocycles. The lowest BCUT2D eigenvalue weighted by atomic mass is 9.92. The van der Waals surface area contributed by atoms with Gasteiger partial charge in [0.25, 0.3) is 5.56 Å². The smallest absolute Gasteiger partial charge is 0.254 e. The number of nitrogens with one attached hydrogen (secondary N) is 1. The van der Waals surface area contributed by atoms with Crippen LogP contribution in [-0.4, -0.2) is 34.4 Å². The van der Waals surface area contributed by atoms with Crippen LogP contribution in [0.15, 0.2) is 34.2 Å². The summed E-state index contributed by atoms with van der Waals surface area (Å²) in [6.07, 6.45) is 0.213. The summed E-state index contributed by atoms with van der Waals surface area (Å²) in [5, 5.41) is 3.57. The first-order chi connectivity index (χ1) is 13.3. The number of carbonyl (C=O) groups is 1. The van der Waals surface area contributed by atoms with Crippen molar-refractivity contribution in [1.82, 2.24) is 9.55 Å². The number of hydrogen-bond acceptors (Lipinski definition) is 6. The maximum atomic E-state index is 12.6. The highest BCUT2D eigenvalue weighted by molar-refractivity contribution is 7.99. The Morgan fingerprint density at radius 1 is 1.25 bits per heavy atom. The van der Waals surface area contributed by atoms with Crippen LogP contribution < -0.4 is 20.3 Å². The Morgan fingerprint density at radius 2 is 2.00 bits per heavy atom. The standard InChI is InChI=1S/C20H23N3O4S/c1-20(2,3)16-10-18(25)23-13(11-28-19(23)22-16)9-17(24)21-12-4-5-14-15(8-12)27-7-6-26-14/h4-5,8,10,13H,6-7,9,11H2,1-3H3,(H,21,24). The molecule has 2 aromatic rings. The topological polar surface area (TPSA) is 82.5 Å². The molecule has 4 rings (SSSR count). The number of benzene rings is 1. The third-order valence-corrected chi connectivity index (χ3v) is 5.80. The predicted octanol–water partition coefficient (Wildman–Crippen LogP) is 2.99. The molecule has 28 heavy (non-hydrogen) atoms. The Balaban J connectivity index is 1.48. The molecule has 1 unspecified atom stereocenters. The molecular weight excluding hydrogens is 378 g/mol. The van der Waals surface area contributed by atoms with Crippen LogP contribution in [0.4, 0.5) is 5.69 Å². The Bertz CT molecular complexity index is 980. The van der Waals surface area contributed by atoms with E-state index >= 15 is 0 Å². The zero-order valence-corrected chi connectivity index (χ0v) is 17.0. The number of thioether (sulfide) groups is 1. The van der Waals surface area contributed by atoms with E-state index in [1.54, 1.807) is 28.8 Å². The summed E-state index contributed by atoms with van der Waals surface area (Å²) in [5.41, 5.74) is 1.13. The molecule has 0 bridgehead atoms. The van der Waals surface area contributed by atoms with Gasteiger partial charge >= 0.3 is 0 Å². The van der Waals surface area contributed by atoms with Gasteiger partial charge in [0.05, 0.1) is 11.7 Å². The zero-order valence-electron chi connectivity index (χ0n) is 16.2. The van der Waals surface area contributed by atoms with Crippen molar-refractivity contribution in [3.63, 3.8) is 0 Å². The molecule has 0 aliphatic carbocycles. The number of fused-ring (bicyclic) bond motifs is 2. The van der Waals surface area contributed by atoms with Gasteiger partial charge in [-0.05, 0) is 12.1 Å². The molecule has 1 aromatic heterocycles. The molecule has 148 valence electrons. The fraction of sp³-hybridized carbons (Fsp3) is 0.450. The first-order valence-electron chi connectivity index (χ1n) is 9.27. The minimum Gasteiger partial charge on any atom is -0.486 e. The number of anilines is 1. The Kier molecular flexibility index (Phi) is 4.82. The van der Waals surface area contributed by atoms with Crippen molar-refractivity contribution in [2.45, 2.75) is 43.8 Å². The second-order valence-electron chi connectivity index (χ2n) is 7.96. The van der Waals surface area contributed by atoms with Gasteiger partial charge in [-0.1, -0.05) is 32.5 Å². The molecule has 0 saturated heterocycles. The fourth-order valence-electron chi connectivity index (χ4n) is 3.23. The lowest BCUT2D eigenvalue weighted by Crippen LogP contribution is -2.29. The zero-order chi connectivity index (χ0) is 19.9. The first kappa shape index (κ1) is 18.9. The second kappa shape index (κ2) is 7.16. The van der Waals surface area contributed by atoms with Gasteiger partial charge in [0.15, 0.2) is 16.7 Å². The third kappa shape index (κ3) is 3.73. The van der Waals surface area contributed by atoms with E-state index in [0.717, 1.165) is 5.69 Å². The van der Waals surface area contributed by atoms with Crippen LogP contribution in [0.2, 0.25) is 0 Å². The molecule has 0 spiro atoms. The van der Waals surface area contributed by atoms with Crippen molar-refractivity contribution in [3.8, 4) is 11.5 Å². The van der Waals surface area contributed by atoms with Crippen LogP contribution in [-0.2, 0) is 10.2 Å². The number of ether oxygens (including phenoxy) is 2. The molecule has 2 aliphatic rings. The van der Waals surface area contributed by atoms with E-state index in [1.165, 1.54) is 11.8 Å². The summed E-state index contributed by atoms with van der Waals surface area (Å²) in [6, 6.07) is 6.71. The Labute approximate surface area is 167 Å². The van der Waals surface area contributed by atoms with E-state index in [1.807, 2.05) is 20.8 Å².